The molecule has 0 spiro atoms. The number of carbonyl (C=O) groups excluding carboxylic acids is 2. The van der Waals surface area contributed by atoms with Crippen LogP contribution in [0.3, 0.4) is 0 Å². The molecule has 1 N–H and O–H groups in total. The van der Waals surface area contributed by atoms with Crippen LogP contribution in [-0.4, -0.2) is 33.2 Å². The van der Waals surface area contributed by atoms with Gasteiger partial charge in [0.15, 0.2) is 5.69 Å². The molecule has 0 aliphatic rings. The summed E-state index contributed by atoms with van der Waals surface area (Å²) in [5, 5.41) is 7.08. The van der Waals surface area contributed by atoms with E-state index >= 15 is 0 Å². The zero-order valence-corrected chi connectivity index (χ0v) is 14.5. The molecule has 3 rings (SSSR count). The van der Waals surface area contributed by atoms with Crippen molar-refractivity contribution in [3.8, 4) is 5.69 Å². The van der Waals surface area contributed by atoms with Gasteiger partial charge in [0.05, 0.1) is 23.5 Å². The van der Waals surface area contributed by atoms with Gasteiger partial charge < -0.3 is 10.1 Å². The van der Waals surface area contributed by atoms with Crippen molar-refractivity contribution >= 4 is 17.6 Å². The van der Waals surface area contributed by atoms with E-state index in [-0.39, 0.29) is 18.2 Å². The minimum atomic E-state index is -0.488. The fraction of sp³-hybridized carbons (Fsp3) is 0.158. The number of para-hydroxylation sites is 2. The van der Waals surface area contributed by atoms with Crippen molar-refractivity contribution in [2.24, 2.45) is 0 Å². The van der Waals surface area contributed by atoms with E-state index in [4.69, 9.17) is 4.74 Å². The number of hydrogen-bond donors (Lipinski definition) is 1. The Labute approximate surface area is 150 Å². The standard InChI is InChI=1S/C19H18N4O3/c1-3-26-19(25)16-10-11-23(22-16)17-7-5-4-6-15(17)21-18(24)14-9-8-13(2)20-12-14/h4-12H,3H2,1-2H3,(H,21,24). The number of rotatable bonds is 5. The van der Waals surface area contributed by atoms with Gasteiger partial charge in [-0.3, -0.25) is 9.78 Å². The van der Waals surface area contributed by atoms with Gasteiger partial charge in [-0.05, 0) is 44.2 Å². The number of aryl methyl sites for hydroxylation is 1. The Morgan fingerprint density at radius 3 is 2.69 bits per heavy atom. The smallest absolute Gasteiger partial charge is 0.358 e. The molecule has 2 heterocycles. The fourth-order valence-corrected chi connectivity index (χ4v) is 2.35. The van der Waals surface area contributed by atoms with E-state index in [9.17, 15) is 9.59 Å². The van der Waals surface area contributed by atoms with Crippen molar-refractivity contribution in [1.82, 2.24) is 14.8 Å². The number of nitrogens with zero attached hydrogens (tertiary/aromatic N) is 3. The van der Waals surface area contributed by atoms with Crippen LogP contribution in [0.1, 0.15) is 33.5 Å². The summed E-state index contributed by atoms with van der Waals surface area (Å²) in [6.45, 7) is 3.87. The molecule has 7 heteroatoms. The molecular weight excluding hydrogens is 332 g/mol. The van der Waals surface area contributed by atoms with Crippen LogP contribution in [-0.2, 0) is 4.74 Å². The molecule has 132 valence electrons. The highest BCUT2D eigenvalue weighted by molar-refractivity contribution is 6.05. The number of carbonyl (C=O) groups is 2. The van der Waals surface area contributed by atoms with Crippen molar-refractivity contribution in [1.29, 1.82) is 0 Å². The molecule has 0 atom stereocenters. The van der Waals surface area contributed by atoms with Gasteiger partial charge in [-0.15, -0.1) is 0 Å². The maximum absolute atomic E-state index is 12.5. The third-order valence-corrected chi connectivity index (χ3v) is 3.65. The third-order valence-electron chi connectivity index (χ3n) is 3.65. The van der Waals surface area contributed by atoms with Crippen molar-refractivity contribution in [3.05, 3.63) is 71.8 Å². The van der Waals surface area contributed by atoms with Crippen molar-refractivity contribution < 1.29 is 14.3 Å². The molecule has 0 unspecified atom stereocenters. The minimum Gasteiger partial charge on any atom is -0.461 e. The Balaban J connectivity index is 1.85. The number of hydrogen-bond acceptors (Lipinski definition) is 5. The molecule has 1 aromatic carbocycles. The van der Waals surface area contributed by atoms with Crippen LogP contribution in [0.25, 0.3) is 5.69 Å². The first-order valence-corrected chi connectivity index (χ1v) is 8.14. The highest BCUT2D eigenvalue weighted by atomic mass is 16.5. The molecule has 0 saturated carbocycles. The summed E-state index contributed by atoms with van der Waals surface area (Å²) in [5.74, 6) is -0.763. The number of amides is 1. The highest BCUT2D eigenvalue weighted by Gasteiger charge is 2.14. The fourth-order valence-electron chi connectivity index (χ4n) is 2.35. The van der Waals surface area contributed by atoms with Gasteiger partial charge in [-0.1, -0.05) is 12.1 Å². The molecule has 0 aliphatic heterocycles. The van der Waals surface area contributed by atoms with Crippen molar-refractivity contribution in [2.75, 3.05) is 11.9 Å². The predicted molar refractivity (Wildman–Crippen MR) is 96.4 cm³/mol. The quantitative estimate of drug-likeness (QED) is 0.715. The zero-order valence-electron chi connectivity index (χ0n) is 14.5. The molecule has 0 fully saturated rings. The van der Waals surface area contributed by atoms with Crippen LogP contribution in [0.15, 0.2) is 54.9 Å². The molecule has 26 heavy (non-hydrogen) atoms. The third kappa shape index (κ3) is 3.77. The summed E-state index contributed by atoms with van der Waals surface area (Å²) in [6, 6.07) is 12.3. The number of ether oxygens (including phenoxy) is 1. The Bertz CT molecular complexity index is 932. The SMILES string of the molecule is CCOC(=O)c1ccn(-c2ccccc2NC(=O)c2ccc(C)nc2)n1. The van der Waals surface area contributed by atoms with E-state index in [0.29, 0.717) is 16.9 Å². The van der Waals surface area contributed by atoms with E-state index in [1.54, 1.807) is 43.5 Å². The van der Waals surface area contributed by atoms with Gasteiger partial charge in [0, 0.05) is 18.1 Å². The van der Waals surface area contributed by atoms with Crippen LogP contribution >= 0.6 is 0 Å². The van der Waals surface area contributed by atoms with Crippen molar-refractivity contribution in [2.45, 2.75) is 13.8 Å². The Morgan fingerprint density at radius 2 is 1.96 bits per heavy atom. The molecular formula is C19H18N4O3. The molecule has 2 aromatic heterocycles. The lowest BCUT2D eigenvalue weighted by Crippen LogP contribution is -2.14. The monoisotopic (exact) mass is 350 g/mol. The first-order chi connectivity index (χ1) is 12.6. The van der Waals surface area contributed by atoms with Gasteiger partial charge in [-0.2, -0.15) is 5.10 Å². The maximum atomic E-state index is 12.5. The van der Waals surface area contributed by atoms with Gasteiger partial charge in [-0.25, -0.2) is 9.48 Å². The summed E-state index contributed by atoms with van der Waals surface area (Å²) < 4.78 is 6.47. The van der Waals surface area contributed by atoms with Gasteiger partial charge >= 0.3 is 5.97 Å². The molecule has 0 bridgehead atoms. The minimum absolute atomic E-state index is 0.204. The van der Waals surface area contributed by atoms with E-state index < -0.39 is 5.97 Å². The number of anilines is 1. The number of pyridine rings is 1. The maximum Gasteiger partial charge on any atom is 0.358 e. The number of esters is 1. The lowest BCUT2D eigenvalue weighted by atomic mass is 10.2. The van der Waals surface area contributed by atoms with E-state index in [1.807, 2.05) is 19.1 Å². The Morgan fingerprint density at radius 1 is 1.15 bits per heavy atom. The number of benzene rings is 1. The molecule has 1 amide bonds. The normalized spacial score (nSPS) is 10.4. The number of aromatic nitrogens is 3. The molecule has 0 aliphatic carbocycles. The van der Waals surface area contributed by atoms with Crippen molar-refractivity contribution in [3.63, 3.8) is 0 Å². The highest BCUT2D eigenvalue weighted by Crippen LogP contribution is 2.20. The largest absolute Gasteiger partial charge is 0.461 e. The van der Waals surface area contributed by atoms with E-state index in [2.05, 4.69) is 15.4 Å². The average molecular weight is 350 g/mol. The van der Waals surface area contributed by atoms with Crippen LogP contribution in [0.5, 0.6) is 0 Å². The van der Waals surface area contributed by atoms with Crippen LogP contribution in [0, 0.1) is 6.92 Å². The second kappa shape index (κ2) is 7.60. The summed E-state index contributed by atoms with van der Waals surface area (Å²) in [6.07, 6.45) is 3.17. The average Bonchev–Trinajstić information content (AvgIpc) is 3.13. The second-order valence-corrected chi connectivity index (χ2v) is 5.53. The lowest BCUT2D eigenvalue weighted by molar-refractivity contribution is 0.0519. The van der Waals surface area contributed by atoms with Crippen LogP contribution in [0.2, 0.25) is 0 Å². The van der Waals surface area contributed by atoms with Gasteiger partial charge in [0.25, 0.3) is 5.91 Å². The second-order valence-electron chi connectivity index (χ2n) is 5.53. The first-order valence-electron chi connectivity index (χ1n) is 8.14. The number of nitrogens with one attached hydrogen (secondary N) is 1. The van der Waals surface area contributed by atoms with Gasteiger partial charge in [0.1, 0.15) is 0 Å². The predicted octanol–water partition coefficient (Wildman–Crippen LogP) is 3.00. The molecule has 0 saturated heterocycles. The Kier molecular flexibility index (Phi) is 5.07. The van der Waals surface area contributed by atoms with Gasteiger partial charge in [0.2, 0.25) is 0 Å². The summed E-state index contributed by atoms with van der Waals surface area (Å²) in [5.41, 5.74) is 2.70. The first kappa shape index (κ1) is 17.3. The molecule has 0 radical (unpaired) electrons. The zero-order chi connectivity index (χ0) is 18.5. The lowest BCUT2D eigenvalue weighted by Gasteiger charge is -2.11. The van der Waals surface area contributed by atoms with E-state index in [1.165, 1.54) is 10.9 Å². The Hall–Kier alpha value is -3.48. The summed E-state index contributed by atoms with van der Waals surface area (Å²) in [7, 11) is 0. The summed E-state index contributed by atoms with van der Waals surface area (Å²) >= 11 is 0. The summed E-state index contributed by atoms with van der Waals surface area (Å²) in [4.78, 5) is 28.4. The van der Waals surface area contributed by atoms with E-state index in [0.717, 1.165) is 5.69 Å². The van der Waals surface area contributed by atoms with Crippen LogP contribution in [0.4, 0.5) is 5.69 Å². The topological polar surface area (TPSA) is 86.1 Å². The molecule has 3 aromatic rings. The van der Waals surface area contributed by atoms with Crippen LogP contribution < -0.4 is 5.32 Å². The molecule has 7 nitrogen and oxygen atoms in total.